The van der Waals surface area contributed by atoms with Gasteiger partial charge in [-0.1, -0.05) is 18.0 Å². The molecule has 192 valence electrons. The number of nitrogens with zero attached hydrogens (tertiary/aromatic N) is 3. The Hall–Kier alpha value is -3.17. The molecule has 4 rings (SSSR count). The number of piperidine rings is 1. The Balaban J connectivity index is 1.45. The molecule has 1 N–H and O–H groups in total. The number of likely N-dealkylation sites (tertiary alicyclic amines) is 1. The number of benzene rings is 2. The molecule has 36 heavy (non-hydrogen) atoms. The molecule has 0 saturated carbocycles. The first-order chi connectivity index (χ1) is 17.5. The van der Waals surface area contributed by atoms with Crippen molar-refractivity contribution in [1.82, 2.24) is 14.9 Å². The molecule has 1 saturated heterocycles. The summed E-state index contributed by atoms with van der Waals surface area (Å²) < 4.78 is 30.0. The van der Waals surface area contributed by atoms with Crippen LogP contribution in [0.5, 0.6) is 11.5 Å². The van der Waals surface area contributed by atoms with E-state index in [1.165, 1.54) is 25.6 Å². The maximum Gasteiger partial charge on any atom is 0.319 e. The quantitative estimate of drug-likeness (QED) is 0.285. The smallest absolute Gasteiger partial charge is 0.319 e. The van der Waals surface area contributed by atoms with Gasteiger partial charge in [-0.3, -0.25) is 9.69 Å². The van der Waals surface area contributed by atoms with Crippen molar-refractivity contribution in [3.8, 4) is 11.5 Å². The summed E-state index contributed by atoms with van der Waals surface area (Å²) in [4.78, 5) is 22.7. The number of rotatable bonds is 10. The van der Waals surface area contributed by atoms with Crippen molar-refractivity contribution in [2.45, 2.75) is 38.1 Å². The van der Waals surface area contributed by atoms with E-state index >= 15 is 0 Å². The average Bonchev–Trinajstić information content (AvgIpc) is 2.89. The number of methoxy groups -OCH3 is 2. The fraction of sp³-hybridized carbons (Fsp3) is 0.423. The largest absolute Gasteiger partial charge is 0.493 e. The minimum Gasteiger partial charge on any atom is -0.493 e. The van der Waals surface area contributed by atoms with Gasteiger partial charge in [0.2, 0.25) is 0 Å². The van der Waals surface area contributed by atoms with Gasteiger partial charge in [0, 0.05) is 23.2 Å². The lowest BCUT2D eigenvalue weighted by molar-refractivity contribution is -0.143. The molecule has 0 radical (unpaired) electrons. The van der Waals surface area contributed by atoms with Crippen LogP contribution in [-0.4, -0.2) is 60.8 Å². The number of anilines is 2. The molecular formula is C26H30ClFN4O4. The van der Waals surface area contributed by atoms with Crippen molar-refractivity contribution >= 4 is 40.0 Å². The molecule has 2 heterocycles. The number of nitrogens with one attached hydrogen (secondary N) is 1. The standard InChI is InChI=1S/C26H30ClFN4O4/c1-34-23-14-22-19(26(30-16-29-22)31-17-8-9-21(28)20(27)12-17)13-24(23)36-11-5-7-18-6-3-4-10-32(18)15-25(33)35-2/h8-9,12-14,16,18H,3-7,10-11,15H2,1-2H3,(H,29,30,31). The van der Waals surface area contributed by atoms with Crippen molar-refractivity contribution in [2.24, 2.45) is 0 Å². The van der Waals surface area contributed by atoms with Crippen LogP contribution in [0.25, 0.3) is 10.9 Å². The predicted octanol–water partition coefficient (Wildman–Crippen LogP) is 5.36. The zero-order valence-corrected chi connectivity index (χ0v) is 21.2. The second-order valence-electron chi connectivity index (χ2n) is 8.68. The van der Waals surface area contributed by atoms with Gasteiger partial charge in [-0.2, -0.15) is 0 Å². The second-order valence-corrected chi connectivity index (χ2v) is 9.09. The van der Waals surface area contributed by atoms with Crippen molar-refractivity contribution < 1.29 is 23.4 Å². The average molecular weight is 517 g/mol. The summed E-state index contributed by atoms with van der Waals surface area (Å²) in [5.74, 6) is 0.998. The van der Waals surface area contributed by atoms with Gasteiger partial charge >= 0.3 is 5.97 Å². The minimum atomic E-state index is -0.489. The normalized spacial score (nSPS) is 16.1. The first-order valence-electron chi connectivity index (χ1n) is 12.0. The molecule has 2 aromatic carbocycles. The lowest BCUT2D eigenvalue weighted by Gasteiger charge is -2.34. The van der Waals surface area contributed by atoms with Gasteiger partial charge in [-0.05, 0) is 56.5 Å². The summed E-state index contributed by atoms with van der Waals surface area (Å²) >= 11 is 5.92. The molecule has 0 aliphatic carbocycles. The van der Waals surface area contributed by atoms with Gasteiger partial charge in [0.15, 0.2) is 11.5 Å². The van der Waals surface area contributed by atoms with E-state index in [0.717, 1.165) is 44.0 Å². The van der Waals surface area contributed by atoms with E-state index in [4.69, 9.17) is 25.8 Å². The van der Waals surface area contributed by atoms with Crippen molar-refractivity contribution in [3.05, 3.63) is 47.5 Å². The van der Waals surface area contributed by atoms with Crippen LogP contribution in [0.3, 0.4) is 0 Å². The van der Waals surface area contributed by atoms with Crippen LogP contribution in [0.1, 0.15) is 32.1 Å². The monoisotopic (exact) mass is 516 g/mol. The zero-order chi connectivity index (χ0) is 25.5. The molecule has 0 spiro atoms. The number of esters is 1. The molecule has 1 atom stereocenters. The summed E-state index contributed by atoms with van der Waals surface area (Å²) in [5, 5.41) is 3.92. The molecule has 1 aromatic heterocycles. The van der Waals surface area contributed by atoms with Crippen LogP contribution in [0.15, 0.2) is 36.7 Å². The van der Waals surface area contributed by atoms with Gasteiger partial charge in [0.05, 0.1) is 37.9 Å². The molecule has 1 unspecified atom stereocenters. The van der Waals surface area contributed by atoms with E-state index in [1.807, 2.05) is 6.07 Å². The highest BCUT2D eigenvalue weighted by molar-refractivity contribution is 6.31. The van der Waals surface area contributed by atoms with Crippen LogP contribution < -0.4 is 14.8 Å². The van der Waals surface area contributed by atoms with E-state index in [0.29, 0.717) is 47.7 Å². The van der Waals surface area contributed by atoms with Crippen molar-refractivity contribution in [1.29, 1.82) is 0 Å². The van der Waals surface area contributed by atoms with E-state index in [2.05, 4.69) is 20.2 Å². The minimum absolute atomic E-state index is 0.0205. The highest BCUT2D eigenvalue weighted by Gasteiger charge is 2.24. The third kappa shape index (κ3) is 6.33. The first-order valence-corrected chi connectivity index (χ1v) is 12.3. The van der Waals surface area contributed by atoms with Crippen LogP contribution in [0.2, 0.25) is 5.02 Å². The topological polar surface area (TPSA) is 85.8 Å². The molecule has 0 amide bonds. The Morgan fingerprint density at radius 1 is 1.19 bits per heavy atom. The number of aromatic nitrogens is 2. The third-order valence-corrected chi connectivity index (χ3v) is 6.64. The van der Waals surface area contributed by atoms with Crippen LogP contribution in [0.4, 0.5) is 15.9 Å². The molecular weight excluding hydrogens is 487 g/mol. The Kier molecular flexibility index (Phi) is 8.77. The summed E-state index contributed by atoms with van der Waals surface area (Å²) in [5.41, 5.74) is 1.27. The molecule has 3 aromatic rings. The van der Waals surface area contributed by atoms with Gasteiger partial charge in [-0.15, -0.1) is 0 Å². The van der Waals surface area contributed by atoms with Gasteiger partial charge in [0.1, 0.15) is 18.0 Å². The highest BCUT2D eigenvalue weighted by Crippen LogP contribution is 2.35. The SMILES string of the molecule is COC(=O)CN1CCCCC1CCCOc1cc2c(Nc3ccc(F)c(Cl)c3)ncnc2cc1OC. The van der Waals surface area contributed by atoms with Gasteiger partial charge in [0.25, 0.3) is 0 Å². The van der Waals surface area contributed by atoms with Crippen LogP contribution in [-0.2, 0) is 9.53 Å². The Bertz CT molecular complexity index is 1210. The van der Waals surface area contributed by atoms with Gasteiger partial charge in [-0.25, -0.2) is 14.4 Å². The fourth-order valence-electron chi connectivity index (χ4n) is 4.47. The predicted molar refractivity (Wildman–Crippen MR) is 137 cm³/mol. The molecule has 1 aliphatic heterocycles. The second kappa shape index (κ2) is 12.2. The summed E-state index contributed by atoms with van der Waals surface area (Å²) in [6.07, 6.45) is 6.52. The summed E-state index contributed by atoms with van der Waals surface area (Å²) in [6, 6.07) is 8.36. The Labute approximate surface area is 214 Å². The zero-order valence-electron chi connectivity index (χ0n) is 20.4. The maximum absolute atomic E-state index is 13.5. The highest BCUT2D eigenvalue weighted by atomic mass is 35.5. The third-order valence-electron chi connectivity index (χ3n) is 6.35. The maximum atomic E-state index is 13.5. The summed E-state index contributed by atoms with van der Waals surface area (Å²) in [6.45, 7) is 1.73. The number of fused-ring (bicyclic) bond motifs is 1. The van der Waals surface area contributed by atoms with Crippen LogP contribution >= 0.6 is 11.6 Å². The van der Waals surface area contributed by atoms with E-state index < -0.39 is 5.82 Å². The molecule has 10 heteroatoms. The molecule has 1 aliphatic rings. The van der Waals surface area contributed by atoms with Crippen molar-refractivity contribution in [2.75, 3.05) is 39.2 Å². The molecule has 0 bridgehead atoms. The molecule has 8 nitrogen and oxygen atoms in total. The van der Waals surface area contributed by atoms with E-state index in [-0.39, 0.29) is 11.0 Å². The van der Waals surface area contributed by atoms with Crippen molar-refractivity contribution in [3.63, 3.8) is 0 Å². The molecule has 1 fully saturated rings. The number of carbonyl (C=O) groups is 1. The number of ether oxygens (including phenoxy) is 3. The number of halogens is 2. The number of hydrogen-bond donors (Lipinski definition) is 1. The van der Waals surface area contributed by atoms with E-state index in [1.54, 1.807) is 19.2 Å². The Morgan fingerprint density at radius 2 is 2.06 bits per heavy atom. The van der Waals surface area contributed by atoms with Crippen LogP contribution in [0, 0.1) is 5.82 Å². The fourth-order valence-corrected chi connectivity index (χ4v) is 4.65. The summed E-state index contributed by atoms with van der Waals surface area (Å²) in [7, 11) is 3.01. The lowest BCUT2D eigenvalue weighted by atomic mass is 9.98. The first kappa shape index (κ1) is 25.9. The number of carbonyl (C=O) groups excluding carboxylic acids is 1. The number of hydrogen-bond acceptors (Lipinski definition) is 8. The lowest BCUT2D eigenvalue weighted by Crippen LogP contribution is -2.43. The van der Waals surface area contributed by atoms with Gasteiger partial charge < -0.3 is 19.5 Å². The van der Waals surface area contributed by atoms with E-state index in [9.17, 15) is 9.18 Å². The Morgan fingerprint density at radius 3 is 2.83 bits per heavy atom.